The number of halogens is 1. The molecule has 4 heteroatoms. The Morgan fingerprint density at radius 1 is 1.25 bits per heavy atom. The molecule has 2 fully saturated rings. The van der Waals surface area contributed by atoms with Crippen molar-refractivity contribution in [2.24, 2.45) is 5.92 Å². The summed E-state index contributed by atoms with van der Waals surface area (Å²) in [7, 11) is 0. The van der Waals surface area contributed by atoms with Crippen LogP contribution in [-0.2, 0) is 6.54 Å². The second kappa shape index (κ2) is 6.48. The van der Waals surface area contributed by atoms with E-state index in [1.807, 2.05) is 0 Å². The van der Waals surface area contributed by atoms with Crippen LogP contribution in [0.25, 0.3) is 0 Å². The van der Waals surface area contributed by atoms with Gasteiger partial charge in [-0.25, -0.2) is 0 Å². The topological polar surface area (TPSA) is 21.1 Å². The van der Waals surface area contributed by atoms with E-state index >= 15 is 0 Å². The van der Waals surface area contributed by atoms with Crippen molar-refractivity contribution in [3.05, 3.63) is 18.0 Å². The predicted octanol–water partition coefficient (Wildman–Crippen LogP) is 3.84. The Morgan fingerprint density at radius 3 is 2.80 bits per heavy atom. The zero-order chi connectivity index (χ0) is 13.9. The average Bonchev–Trinajstić information content (AvgIpc) is 3.08. The molecule has 1 saturated heterocycles. The van der Waals surface area contributed by atoms with Gasteiger partial charge in [0.05, 0.1) is 11.7 Å². The van der Waals surface area contributed by atoms with Crippen LogP contribution in [0.1, 0.15) is 57.2 Å². The van der Waals surface area contributed by atoms with Crippen LogP contribution in [0.2, 0.25) is 0 Å². The van der Waals surface area contributed by atoms with E-state index in [0.29, 0.717) is 18.0 Å². The summed E-state index contributed by atoms with van der Waals surface area (Å²) in [5, 5.41) is 4.82. The van der Waals surface area contributed by atoms with E-state index in [1.54, 1.807) is 0 Å². The summed E-state index contributed by atoms with van der Waals surface area (Å²) in [6.45, 7) is 4.43. The van der Waals surface area contributed by atoms with Crippen LogP contribution < -0.4 is 0 Å². The normalized spacial score (nSPS) is 29.1. The molecule has 1 aromatic heterocycles. The van der Waals surface area contributed by atoms with Crippen molar-refractivity contribution in [3.8, 4) is 0 Å². The molecule has 0 N–H and O–H groups in total. The second-order valence-electron chi connectivity index (χ2n) is 6.54. The van der Waals surface area contributed by atoms with Gasteiger partial charge in [0.15, 0.2) is 0 Å². The molecule has 0 radical (unpaired) electrons. The summed E-state index contributed by atoms with van der Waals surface area (Å²) in [6, 6.07) is 3.36. The lowest BCUT2D eigenvalue weighted by atomic mass is 9.96. The number of aromatic nitrogens is 2. The Bertz CT molecular complexity index is 425. The molecule has 2 aliphatic rings. The molecule has 112 valence electrons. The van der Waals surface area contributed by atoms with Crippen LogP contribution in [0.15, 0.2) is 12.3 Å². The van der Waals surface area contributed by atoms with Crippen molar-refractivity contribution in [3.63, 3.8) is 0 Å². The first-order valence-electron chi connectivity index (χ1n) is 8.12. The fraction of sp³-hybridized carbons (Fsp3) is 0.812. The highest BCUT2D eigenvalue weighted by Gasteiger charge is 2.30. The van der Waals surface area contributed by atoms with Crippen LogP contribution in [0.3, 0.4) is 0 Å². The molecule has 0 amide bonds. The van der Waals surface area contributed by atoms with Gasteiger partial charge in [-0.15, -0.1) is 11.6 Å². The van der Waals surface area contributed by atoms with Crippen LogP contribution in [0, 0.1) is 5.92 Å². The van der Waals surface area contributed by atoms with E-state index in [9.17, 15) is 0 Å². The third kappa shape index (κ3) is 3.04. The van der Waals surface area contributed by atoms with Gasteiger partial charge in [-0.05, 0) is 37.8 Å². The molecular formula is C16H26ClN3. The highest BCUT2D eigenvalue weighted by atomic mass is 35.5. The Balaban J connectivity index is 1.62. The summed E-state index contributed by atoms with van der Waals surface area (Å²) < 4.78 is 2.21. The molecule has 0 bridgehead atoms. The summed E-state index contributed by atoms with van der Waals surface area (Å²) in [5.74, 6) is 1.46. The van der Waals surface area contributed by atoms with Crippen molar-refractivity contribution in [2.75, 3.05) is 12.4 Å². The van der Waals surface area contributed by atoms with E-state index in [2.05, 4.69) is 28.8 Å². The number of hydrogen-bond acceptors (Lipinski definition) is 2. The van der Waals surface area contributed by atoms with Gasteiger partial charge >= 0.3 is 0 Å². The van der Waals surface area contributed by atoms with Crippen molar-refractivity contribution < 1.29 is 0 Å². The lowest BCUT2D eigenvalue weighted by Crippen LogP contribution is -2.33. The zero-order valence-corrected chi connectivity index (χ0v) is 13.2. The smallest absolute Gasteiger partial charge is 0.0765 e. The number of rotatable bonds is 4. The fourth-order valence-corrected chi connectivity index (χ4v) is 4.25. The summed E-state index contributed by atoms with van der Waals surface area (Å²) in [4.78, 5) is 2.51. The minimum Gasteiger partial charge on any atom is -0.293 e. The van der Waals surface area contributed by atoms with Crippen LogP contribution in [0.5, 0.6) is 0 Å². The number of nitrogens with zero attached hydrogens (tertiary/aromatic N) is 3. The molecular weight excluding hydrogens is 270 g/mol. The minimum absolute atomic E-state index is 0.525. The number of likely N-dealkylation sites (tertiary alicyclic amines) is 1. The maximum absolute atomic E-state index is 6.12. The van der Waals surface area contributed by atoms with Crippen molar-refractivity contribution in [1.82, 2.24) is 14.7 Å². The third-order valence-electron chi connectivity index (χ3n) is 5.13. The first-order valence-corrected chi connectivity index (χ1v) is 8.65. The lowest BCUT2D eigenvalue weighted by Gasteiger charge is -2.24. The summed E-state index contributed by atoms with van der Waals surface area (Å²) in [6.07, 6.45) is 10.2. The molecule has 1 aliphatic heterocycles. The predicted molar refractivity (Wildman–Crippen MR) is 83.0 cm³/mol. The Morgan fingerprint density at radius 2 is 2.05 bits per heavy atom. The molecule has 3 nitrogen and oxygen atoms in total. The van der Waals surface area contributed by atoms with Gasteiger partial charge in [-0.2, -0.15) is 5.10 Å². The highest BCUT2D eigenvalue weighted by molar-refractivity contribution is 6.18. The summed E-state index contributed by atoms with van der Waals surface area (Å²) >= 11 is 6.12. The standard InChI is InChI=1S/C16H26ClN3/c1-13-7-9-19(16(13)11-17)12-14-8-10-20(18-14)15-5-3-2-4-6-15/h8,10,13,15-16H,2-7,9,11-12H2,1H3. The molecule has 1 saturated carbocycles. The number of hydrogen-bond donors (Lipinski definition) is 0. The molecule has 2 atom stereocenters. The van der Waals surface area contributed by atoms with Gasteiger partial charge in [0, 0.05) is 24.7 Å². The fourth-order valence-electron chi connectivity index (χ4n) is 3.75. The Labute approximate surface area is 127 Å². The maximum Gasteiger partial charge on any atom is 0.0765 e. The average molecular weight is 296 g/mol. The van der Waals surface area contributed by atoms with E-state index < -0.39 is 0 Å². The molecule has 1 aliphatic carbocycles. The first kappa shape index (κ1) is 14.4. The van der Waals surface area contributed by atoms with E-state index in [1.165, 1.54) is 44.2 Å². The van der Waals surface area contributed by atoms with E-state index in [-0.39, 0.29) is 0 Å². The molecule has 2 heterocycles. The van der Waals surface area contributed by atoms with Crippen molar-refractivity contribution in [1.29, 1.82) is 0 Å². The second-order valence-corrected chi connectivity index (χ2v) is 6.85. The molecule has 20 heavy (non-hydrogen) atoms. The minimum atomic E-state index is 0.525. The monoisotopic (exact) mass is 295 g/mol. The molecule has 1 aromatic rings. The third-order valence-corrected chi connectivity index (χ3v) is 5.45. The summed E-state index contributed by atoms with van der Waals surface area (Å²) in [5.41, 5.74) is 1.21. The highest BCUT2D eigenvalue weighted by Crippen LogP contribution is 2.29. The van der Waals surface area contributed by atoms with E-state index in [4.69, 9.17) is 16.7 Å². The molecule has 0 spiro atoms. The largest absolute Gasteiger partial charge is 0.293 e. The maximum atomic E-state index is 6.12. The molecule has 0 aromatic carbocycles. The number of alkyl halides is 1. The SMILES string of the molecule is CC1CCN(Cc2ccn(C3CCCCC3)n2)C1CCl. The van der Waals surface area contributed by atoms with Gasteiger partial charge in [0.25, 0.3) is 0 Å². The zero-order valence-electron chi connectivity index (χ0n) is 12.5. The van der Waals surface area contributed by atoms with Crippen LogP contribution in [-0.4, -0.2) is 33.1 Å². The Hall–Kier alpha value is -0.540. The van der Waals surface area contributed by atoms with Gasteiger partial charge in [0.2, 0.25) is 0 Å². The van der Waals surface area contributed by atoms with Gasteiger partial charge < -0.3 is 0 Å². The first-order chi connectivity index (χ1) is 9.78. The van der Waals surface area contributed by atoms with Gasteiger partial charge in [-0.3, -0.25) is 9.58 Å². The molecule has 2 unspecified atom stereocenters. The lowest BCUT2D eigenvalue weighted by molar-refractivity contribution is 0.237. The van der Waals surface area contributed by atoms with Crippen molar-refractivity contribution in [2.45, 2.75) is 64.1 Å². The van der Waals surface area contributed by atoms with E-state index in [0.717, 1.165) is 19.0 Å². The molecule has 3 rings (SSSR count). The van der Waals surface area contributed by atoms with Crippen LogP contribution in [0.4, 0.5) is 0 Å². The van der Waals surface area contributed by atoms with Crippen molar-refractivity contribution >= 4 is 11.6 Å². The Kier molecular flexibility index (Phi) is 4.67. The van der Waals surface area contributed by atoms with Gasteiger partial charge in [-0.1, -0.05) is 26.2 Å². The van der Waals surface area contributed by atoms with Crippen LogP contribution >= 0.6 is 11.6 Å². The van der Waals surface area contributed by atoms with Gasteiger partial charge in [0.1, 0.15) is 0 Å². The quantitative estimate of drug-likeness (QED) is 0.787.